The van der Waals surface area contributed by atoms with Crippen LogP contribution in [0.1, 0.15) is 23.8 Å². The fourth-order valence-corrected chi connectivity index (χ4v) is 0.948. The number of halogens is 1. The first-order valence-electron chi connectivity index (χ1n) is 4.44. The van der Waals surface area contributed by atoms with Crippen LogP contribution in [0.5, 0.6) is 5.75 Å². The number of ether oxygens (including phenoxy) is 1. The number of pyridine rings is 1. The Balaban J connectivity index is 2.63. The number of nitrogens with zero attached hydrogens (tertiary/aromatic N) is 1. The molecule has 0 aliphatic rings. The zero-order chi connectivity index (χ0) is 10.4. The van der Waals surface area contributed by atoms with Crippen LogP contribution in [-0.2, 0) is 0 Å². The lowest BCUT2D eigenvalue weighted by atomic mass is 10.3. The Morgan fingerprint density at radius 2 is 2.43 bits per heavy atom. The Hall–Kier alpha value is -1.45. The molecule has 1 aromatic heterocycles. The second kappa shape index (κ2) is 5.32. The maximum absolute atomic E-state index is 12.3. The Morgan fingerprint density at radius 3 is 2.86 bits per heavy atom. The Morgan fingerprint density at radius 1 is 1.64 bits per heavy atom. The van der Waals surface area contributed by atoms with E-state index in [1.54, 1.807) is 6.07 Å². The summed E-state index contributed by atoms with van der Waals surface area (Å²) in [6.45, 7) is 1.32. The summed E-state index contributed by atoms with van der Waals surface area (Å²) in [5, 5.41) is 0. The molecule has 1 atom stereocenters. The van der Waals surface area contributed by atoms with Crippen LogP contribution in [0.3, 0.4) is 0 Å². The Labute approximate surface area is 81.9 Å². The van der Waals surface area contributed by atoms with Gasteiger partial charge in [0.2, 0.25) is 0 Å². The van der Waals surface area contributed by atoms with Gasteiger partial charge in [-0.05, 0) is 18.6 Å². The maximum atomic E-state index is 12.3. The first-order valence-corrected chi connectivity index (χ1v) is 4.44. The molecular weight excluding hydrogens is 185 g/mol. The van der Waals surface area contributed by atoms with Gasteiger partial charge in [0.05, 0.1) is 6.20 Å². The number of aromatic nitrogens is 1. The van der Waals surface area contributed by atoms with Gasteiger partial charge in [0.1, 0.15) is 24.2 Å². The van der Waals surface area contributed by atoms with Gasteiger partial charge in [-0.2, -0.15) is 0 Å². The maximum Gasteiger partial charge on any atom is 0.168 e. The molecule has 4 heteroatoms. The van der Waals surface area contributed by atoms with Gasteiger partial charge < -0.3 is 4.74 Å². The summed E-state index contributed by atoms with van der Waals surface area (Å²) in [6.07, 6.45) is 2.24. The van der Waals surface area contributed by atoms with Crippen molar-refractivity contribution in [2.75, 3.05) is 6.67 Å². The molecule has 0 saturated carbocycles. The van der Waals surface area contributed by atoms with Crippen LogP contribution in [0.2, 0.25) is 0 Å². The molecule has 0 aromatic carbocycles. The van der Waals surface area contributed by atoms with Crippen LogP contribution in [0.25, 0.3) is 0 Å². The first kappa shape index (κ1) is 10.6. The molecule has 0 aliphatic heterocycles. The van der Waals surface area contributed by atoms with E-state index >= 15 is 0 Å². The highest BCUT2D eigenvalue weighted by atomic mass is 19.1. The highest BCUT2D eigenvalue weighted by Gasteiger charge is 2.07. The molecule has 0 saturated heterocycles. The van der Waals surface area contributed by atoms with Crippen molar-refractivity contribution in [1.82, 2.24) is 4.98 Å². The fraction of sp³-hybridized carbons (Fsp3) is 0.400. The highest BCUT2D eigenvalue weighted by Crippen LogP contribution is 2.12. The SMILES string of the molecule is CCC(CF)Oc1ccc(C=O)nc1. The minimum Gasteiger partial charge on any atom is -0.486 e. The van der Waals surface area contributed by atoms with E-state index in [1.165, 1.54) is 12.3 Å². The monoisotopic (exact) mass is 197 g/mol. The predicted molar refractivity (Wildman–Crippen MR) is 50.3 cm³/mol. The summed E-state index contributed by atoms with van der Waals surface area (Å²) in [7, 11) is 0. The minimum atomic E-state index is -0.522. The van der Waals surface area contributed by atoms with Crippen LogP contribution in [0, 0.1) is 0 Å². The van der Waals surface area contributed by atoms with Crippen LogP contribution in [-0.4, -0.2) is 24.0 Å². The fourth-order valence-electron chi connectivity index (χ4n) is 0.948. The van der Waals surface area contributed by atoms with E-state index in [-0.39, 0.29) is 0 Å². The van der Waals surface area contributed by atoms with Crippen molar-refractivity contribution in [2.45, 2.75) is 19.4 Å². The average molecular weight is 197 g/mol. The smallest absolute Gasteiger partial charge is 0.168 e. The number of hydrogen-bond donors (Lipinski definition) is 0. The van der Waals surface area contributed by atoms with Crippen molar-refractivity contribution in [2.24, 2.45) is 0 Å². The summed E-state index contributed by atoms with van der Waals surface area (Å²) >= 11 is 0. The number of hydrogen-bond acceptors (Lipinski definition) is 3. The molecule has 0 N–H and O–H groups in total. The van der Waals surface area contributed by atoms with Gasteiger partial charge in [-0.25, -0.2) is 9.37 Å². The van der Waals surface area contributed by atoms with Crippen LogP contribution < -0.4 is 4.74 Å². The van der Waals surface area contributed by atoms with E-state index < -0.39 is 12.8 Å². The quantitative estimate of drug-likeness (QED) is 0.678. The zero-order valence-electron chi connectivity index (χ0n) is 7.94. The van der Waals surface area contributed by atoms with Gasteiger partial charge in [0.25, 0.3) is 0 Å². The summed E-state index contributed by atoms with van der Waals surface area (Å²) in [4.78, 5) is 14.1. The molecule has 14 heavy (non-hydrogen) atoms. The number of carbonyl (C=O) groups excluding carboxylic acids is 1. The van der Waals surface area contributed by atoms with E-state index in [9.17, 15) is 9.18 Å². The molecule has 76 valence electrons. The molecule has 0 amide bonds. The first-order chi connectivity index (χ1) is 6.80. The molecule has 1 aromatic rings. The third kappa shape index (κ3) is 2.80. The van der Waals surface area contributed by atoms with Crippen molar-refractivity contribution < 1.29 is 13.9 Å². The molecule has 1 heterocycles. The van der Waals surface area contributed by atoms with E-state index in [4.69, 9.17) is 4.74 Å². The van der Waals surface area contributed by atoms with Crippen molar-refractivity contribution in [3.05, 3.63) is 24.0 Å². The van der Waals surface area contributed by atoms with Gasteiger partial charge in [0.15, 0.2) is 6.29 Å². The van der Waals surface area contributed by atoms with Crippen LogP contribution in [0.4, 0.5) is 4.39 Å². The molecule has 0 spiro atoms. The van der Waals surface area contributed by atoms with Gasteiger partial charge in [0, 0.05) is 0 Å². The molecule has 1 unspecified atom stereocenters. The average Bonchev–Trinajstić information content (AvgIpc) is 2.26. The van der Waals surface area contributed by atoms with Gasteiger partial charge in [-0.15, -0.1) is 0 Å². The molecule has 0 fully saturated rings. The van der Waals surface area contributed by atoms with Crippen LogP contribution in [0.15, 0.2) is 18.3 Å². The Bertz CT molecular complexity index is 283. The second-order valence-electron chi connectivity index (χ2n) is 2.84. The van der Waals surface area contributed by atoms with E-state index in [0.29, 0.717) is 24.2 Å². The number of aldehydes is 1. The lowest BCUT2D eigenvalue weighted by molar-refractivity contribution is 0.111. The van der Waals surface area contributed by atoms with Crippen LogP contribution >= 0.6 is 0 Å². The molecule has 0 bridgehead atoms. The lowest BCUT2D eigenvalue weighted by Crippen LogP contribution is -2.17. The number of alkyl halides is 1. The number of rotatable bonds is 5. The summed E-state index contributed by atoms with van der Waals surface area (Å²) in [5.74, 6) is 0.486. The van der Waals surface area contributed by atoms with E-state index in [0.717, 1.165) is 0 Å². The van der Waals surface area contributed by atoms with Crippen molar-refractivity contribution in [3.63, 3.8) is 0 Å². The number of carbonyl (C=O) groups is 1. The molecular formula is C10H12FNO2. The summed E-state index contributed by atoms with van der Waals surface area (Å²) in [5.41, 5.74) is 0.339. The highest BCUT2D eigenvalue weighted by molar-refractivity contribution is 5.71. The topological polar surface area (TPSA) is 39.2 Å². The molecule has 3 nitrogen and oxygen atoms in total. The van der Waals surface area contributed by atoms with Gasteiger partial charge in [-0.1, -0.05) is 6.92 Å². The lowest BCUT2D eigenvalue weighted by Gasteiger charge is -2.13. The standard InChI is InChI=1S/C10H12FNO2/c1-2-9(5-11)14-10-4-3-8(7-13)12-6-10/h3-4,6-7,9H,2,5H2,1H3. The van der Waals surface area contributed by atoms with Crippen molar-refractivity contribution in [1.29, 1.82) is 0 Å². The van der Waals surface area contributed by atoms with E-state index in [1.807, 2.05) is 6.92 Å². The second-order valence-corrected chi connectivity index (χ2v) is 2.84. The summed E-state index contributed by atoms with van der Waals surface area (Å²) < 4.78 is 17.5. The van der Waals surface area contributed by atoms with Crippen molar-refractivity contribution in [3.8, 4) is 5.75 Å². The molecule has 0 radical (unpaired) electrons. The normalized spacial score (nSPS) is 12.1. The largest absolute Gasteiger partial charge is 0.486 e. The third-order valence-electron chi connectivity index (χ3n) is 1.81. The van der Waals surface area contributed by atoms with Gasteiger partial charge >= 0.3 is 0 Å². The third-order valence-corrected chi connectivity index (χ3v) is 1.81. The molecule has 0 aliphatic carbocycles. The van der Waals surface area contributed by atoms with E-state index in [2.05, 4.69) is 4.98 Å². The summed E-state index contributed by atoms with van der Waals surface area (Å²) in [6, 6.07) is 3.14. The van der Waals surface area contributed by atoms with Crippen molar-refractivity contribution >= 4 is 6.29 Å². The Kier molecular flexibility index (Phi) is 4.04. The van der Waals surface area contributed by atoms with Gasteiger partial charge in [-0.3, -0.25) is 4.79 Å². The zero-order valence-corrected chi connectivity index (χ0v) is 7.94. The predicted octanol–water partition coefficient (Wildman–Crippen LogP) is 2.02. The minimum absolute atomic E-state index is 0.339. The molecule has 1 rings (SSSR count).